The van der Waals surface area contributed by atoms with Crippen molar-refractivity contribution in [2.45, 2.75) is 77.2 Å². The standard InChI is InChI=1S/C30H46O5Si/c1-24(2)27(20-31)30(32,23-33-21-25-14-10-8-11-15-25)28(34-22-26-16-12-9-13-17-26)18-19-35-36(6,7)29(3,4)5/h8-17,27-28,31-32H,1,18-23H2,2-7H3/t27-,28-,30+/m0/s1. The van der Waals surface area contributed by atoms with E-state index < -0.39 is 25.9 Å². The smallest absolute Gasteiger partial charge is 0.191 e. The van der Waals surface area contributed by atoms with Crippen LogP contribution in [-0.2, 0) is 27.1 Å². The third-order valence-corrected chi connectivity index (χ3v) is 11.9. The van der Waals surface area contributed by atoms with Gasteiger partial charge in [0.15, 0.2) is 8.32 Å². The van der Waals surface area contributed by atoms with E-state index in [2.05, 4.69) is 40.4 Å². The summed E-state index contributed by atoms with van der Waals surface area (Å²) in [5, 5.41) is 22.5. The summed E-state index contributed by atoms with van der Waals surface area (Å²) in [5.41, 5.74) is 1.22. The molecule has 2 rings (SSSR count). The lowest BCUT2D eigenvalue weighted by Gasteiger charge is -2.42. The van der Waals surface area contributed by atoms with Gasteiger partial charge in [0.1, 0.15) is 5.60 Å². The second-order valence-corrected chi connectivity index (χ2v) is 16.0. The van der Waals surface area contributed by atoms with Gasteiger partial charge in [-0.25, -0.2) is 0 Å². The highest BCUT2D eigenvalue weighted by Crippen LogP contribution is 2.37. The number of ether oxygens (including phenoxy) is 2. The molecule has 0 heterocycles. The van der Waals surface area contributed by atoms with Crippen LogP contribution in [0.25, 0.3) is 0 Å². The van der Waals surface area contributed by atoms with Gasteiger partial charge in [-0.15, -0.1) is 0 Å². The van der Waals surface area contributed by atoms with Crippen molar-refractivity contribution < 1.29 is 24.1 Å². The maximum atomic E-state index is 12.1. The van der Waals surface area contributed by atoms with Crippen molar-refractivity contribution in [1.82, 2.24) is 0 Å². The van der Waals surface area contributed by atoms with E-state index in [0.717, 1.165) is 11.1 Å². The Hall–Kier alpha value is -1.80. The second-order valence-electron chi connectivity index (χ2n) is 11.2. The highest BCUT2D eigenvalue weighted by atomic mass is 28.4. The molecule has 0 aliphatic carbocycles. The number of aliphatic hydroxyl groups is 2. The Morgan fingerprint density at radius 3 is 1.94 bits per heavy atom. The van der Waals surface area contributed by atoms with Gasteiger partial charge in [-0.05, 0) is 42.6 Å². The molecule has 2 N–H and O–H groups in total. The van der Waals surface area contributed by atoms with Gasteiger partial charge in [0.2, 0.25) is 0 Å². The van der Waals surface area contributed by atoms with Gasteiger partial charge in [0, 0.05) is 12.5 Å². The molecular weight excluding hydrogens is 468 g/mol. The van der Waals surface area contributed by atoms with Gasteiger partial charge >= 0.3 is 0 Å². The summed E-state index contributed by atoms with van der Waals surface area (Å²) in [7, 11) is -1.98. The molecule has 2 aromatic rings. The first kappa shape index (κ1) is 30.4. The molecule has 0 saturated carbocycles. The van der Waals surface area contributed by atoms with Gasteiger partial charge in [-0.1, -0.05) is 93.6 Å². The molecule has 0 spiro atoms. The Morgan fingerprint density at radius 1 is 0.944 bits per heavy atom. The van der Waals surface area contributed by atoms with E-state index >= 15 is 0 Å². The first-order valence-electron chi connectivity index (χ1n) is 12.8. The quantitative estimate of drug-likeness (QED) is 0.221. The molecule has 0 bridgehead atoms. The van der Waals surface area contributed by atoms with E-state index in [9.17, 15) is 10.2 Å². The number of rotatable bonds is 15. The van der Waals surface area contributed by atoms with Crippen molar-refractivity contribution in [1.29, 1.82) is 0 Å². The minimum absolute atomic E-state index is 0.000467. The summed E-state index contributed by atoms with van der Waals surface area (Å²) in [5.74, 6) is -0.609. The van der Waals surface area contributed by atoms with Crippen molar-refractivity contribution in [3.8, 4) is 0 Å². The van der Waals surface area contributed by atoms with Crippen molar-refractivity contribution in [2.24, 2.45) is 5.92 Å². The fraction of sp³-hybridized carbons (Fsp3) is 0.533. The van der Waals surface area contributed by atoms with Crippen LogP contribution >= 0.6 is 0 Å². The van der Waals surface area contributed by atoms with E-state index in [-0.39, 0.29) is 18.3 Å². The van der Waals surface area contributed by atoms with Crippen LogP contribution in [0.5, 0.6) is 0 Å². The first-order valence-corrected chi connectivity index (χ1v) is 15.7. The minimum atomic E-state index is -1.98. The topological polar surface area (TPSA) is 68.2 Å². The van der Waals surface area contributed by atoms with Crippen LogP contribution in [0.4, 0.5) is 0 Å². The molecule has 0 radical (unpaired) electrons. The van der Waals surface area contributed by atoms with E-state index in [1.165, 1.54) is 0 Å². The second kappa shape index (κ2) is 13.7. The summed E-state index contributed by atoms with van der Waals surface area (Å²) in [6.45, 7) is 17.8. The highest BCUT2D eigenvalue weighted by Gasteiger charge is 2.46. The number of hydrogen-bond donors (Lipinski definition) is 2. The molecule has 5 nitrogen and oxygen atoms in total. The molecule has 0 aliphatic heterocycles. The average molecular weight is 515 g/mol. The Kier molecular flexibility index (Phi) is 11.5. The van der Waals surface area contributed by atoms with Crippen LogP contribution in [0.15, 0.2) is 72.8 Å². The predicted octanol–water partition coefficient (Wildman–Crippen LogP) is 6.12. The summed E-state index contributed by atoms with van der Waals surface area (Å²) in [6.07, 6.45) is -0.166. The van der Waals surface area contributed by atoms with E-state index in [4.69, 9.17) is 13.9 Å². The Bertz CT molecular complexity index is 910. The third kappa shape index (κ3) is 8.65. The largest absolute Gasteiger partial charge is 0.417 e. The molecule has 36 heavy (non-hydrogen) atoms. The molecule has 6 heteroatoms. The lowest BCUT2D eigenvalue weighted by Crippen LogP contribution is -2.55. The Balaban J connectivity index is 2.28. The lowest BCUT2D eigenvalue weighted by molar-refractivity contribution is -0.181. The van der Waals surface area contributed by atoms with Crippen molar-refractivity contribution >= 4 is 8.32 Å². The first-order chi connectivity index (χ1) is 16.9. The van der Waals surface area contributed by atoms with Gasteiger partial charge in [-0.2, -0.15) is 0 Å². The molecule has 200 valence electrons. The normalized spacial score (nSPS) is 15.8. The lowest BCUT2D eigenvalue weighted by atomic mass is 9.78. The zero-order valence-electron chi connectivity index (χ0n) is 23.0. The fourth-order valence-electron chi connectivity index (χ4n) is 3.95. The van der Waals surface area contributed by atoms with Crippen LogP contribution in [0, 0.1) is 5.92 Å². The molecule has 0 fully saturated rings. The molecule has 3 atom stereocenters. The summed E-state index contributed by atoms with van der Waals surface area (Å²) in [4.78, 5) is 0. The zero-order chi connectivity index (χ0) is 26.8. The van der Waals surface area contributed by atoms with E-state index in [0.29, 0.717) is 31.8 Å². The molecule has 0 unspecified atom stereocenters. The molecule has 0 aromatic heterocycles. The van der Waals surface area contributed by atoms with Crippen LogP contribution in [-0.4, -0.2) is 50.1 Å². The molecule has 0 saturated heterocycles. The maximum Gasteiger partial charge on any atom is 0.191 e. The van der Waals surface area contributed by atoms with Crippen molar-refractivity contribution in [3.63, 3.8) is 0 Å². The van der Waals surface area contributed by atoms with Crippen LogP contribution in [0.3, 0.4) is 0 Å². The molecular formula is C30H46O5Si. The van der Waals surface area contributed by atoms with Crippen LogP contribution in [0.1, 0.15) is 45.2 Å². The van der Waals surface area contributed by atoms with Gasteiger partial charge in [0.25, 0.3) is 0 Å². The summed E-state index contributed by atoms with van der Waals surface area (Å²) in [6, 6.07) is 19.7. The minimum Gasteiger partial charge on any atom is -0.417 e. The van der Waals surface area contributed by atoms with Gasteiger partial charge < -0.3 is 24.1 Å². The number of aliphatic hydroxyl groups excluding tert-OH is 1. The predicted molar refractivity (Wildman–Crippen MR) is 149 cm³/mol. The van der Waals surface area contributed by atoms with E-state index in [1.54, 1.807) is 0 Å². The van der Waals surface area contributed by atoms with Gasteiger partial charge in [-0.3, -0.25) is 0 Å². The zero-order valence-corrected chi connectivity index (χ0v) is 24.0. The third-order valence-electron chi connectivity index (χ3n) is 7.33. The Morgan fingerprint density at radius 2 is 1.47 bits per heavy atom. The molecule has 0 aliphatic rings. The van der Waals surface area contributed by atoms with Crippen molar-refractivity contribution in [2.75, 3.05) is 19.8 Å². The fourth-order valence-corrected chi connectivity index (χ4v) is 5.01. The average Bonchev–Trinajstić information content (AvgIpc) is 2.82. The van der Waals surface area contributed by atoms with Crippen LogP contribution in [0.2, 0.25) is 18.1 Å². The van der Waals surface area contributed by atoms with Gasteiger partial charge in [0.05, 0.1) is 32.5 Å². The monoisotopic (exact) mass is 514 g/mol. The number of hydrogen-bond acceptors (Lipinski definition) is 5. The SMILES string of the molecule is C=C(C)[C@H](CO)[C@](O)(COCc1ccccc1)[C@H](CCO[Si](C)(C)C(C)(C)C)OCc1ccccc1. The highest BCUT2D eigenvalue weighted by molar-refractivity contribution is 6.74. The number of benzene rings is 2. The van der Waals surface area contributed by atoms with Crippen LogP contribution < -0.4 is 0 Å². The summed E-state index contributed by atoms with van der Waals surface area (Å²) < 4.78 is 18.9. The van der Waals surface area contributed by atoms with Crippen molar-refractivity contribution in [3.05, 3.63) is 83.9 Å². The Labute approximate surface area is 219 Å². The van der Waals surface area contributed by atoms with E-state index in [1.807, 2.05) is 67.6 Å². The maximum absolute atomic E-state index is 12.1. The molecule has 0 amide bonds. The molecule has 2 aromatic carbocycles. The summed E-state index contributed by atoms with van der Waals surface area (Å²) >= 11 is 0.